The first-order chi connectivity index (χ1) is 10.1. The quantitative estimate of drug-likeness (QED) is 0.778. The van der Waals surface area contributed by atoms with Crippen LogP contribution in [0.25, 0.3) is 0 Å². The molecule has 2 rings (SSSR count). The predicted octanol–water partition coefficient (Wildman–Crippen LogP) is 4.98. The van der Waals surface area contributed by atoms with E-state index in [-0.39, 0.29) is 0 Å². The molecule has 1 aliphatic carbocycles. The second-order valence-electron chi connectivity index (χ2n) is 7.22. The van der Waals surface area contributed by atoms with E-state index in [1.54, 1.807) is 0 Å². The molecular formula is C20H33N. The van der Waals surface area contributed by atoms with Gasteiger partial charge in [-0.3, -0.25) is 0 Å². The van der Waals surface area contributed by atoms with Crippen molar-refractivity contribution in [1.29, 1.82) is 0 Å². The minimum Gasteiger partial charge on any atom is -0.314 e. The molecule has 0 amide bonds. The van der Waals surface area contributed by atoms with Crippen LogP contribution in [0.15, 0.2) is 24.3 Å². The van der Waals surface area contributed by atoms with Crippen molar-refractivity contribution in [3.05, 3.63) is 35.4 Å². The molecule has 1 aliphatic rings. The zero-order chi connectivity index (χ0) is 15.2. The Hall–Kier alpha value is -0.820. The highest BCUT2D eigenvalue weighted by Crippen LogP contribution is 2.36. The van der Waals surface area contributed by atoms with E-state index in [9.17, 15) is 0 Å². The molecule has 118 valence electrons. The van der Waals surface area contributed by atoms with Crippen LogP contribution < -0.4 is 5.32 Å². The van der Waals surface area contributed by atoms with Gasteiger partial charge in [-0.15, -0.1) is 0 Å². The zero-order valence-corrected chi connectivity index (χ0v) is 14.4. The molecule has 0 heterocycles. The Kier molecular flexibility index (Phi) is 6.29. The molecule has 0 spiro atoms. The average molecular weight is 287 g/mol. The van der Waals surface area contributed by atoms with Crippen LogP contribution >= 0.6 is 0 Å². The molecule has 4 atom stereocenters. The lowest BCUT2D eigenvalue weighted by Gasteiger charge is -2.37. The summed E-state index contributed by atoms with van der Waals surface area (Å²) in [5.41, 5.74) is 2.88. The molecule has 1 aromatic rings. The van der Waals surface area contributed by atoms with Crippen LogP contribution in [0.2, 0.25) is 0 Å². The van der Waals surface area contributed by atoms with Gasteiger partial charge in [0.15, 0.2) is 0 Å². The Morgan fingerprint density at radius 2 is 2.00 bits per heavy atom. The van der Waals surface area contributed by atoms with Crippen molar-refractivity contribution in [2.45, 2.75) is 65.8 Å². The van der Waals surface area contributed by atoms with Gasteiger partial charge in [0.25, 0.3) is 0 Å². The minimum atomic E-state index is 0.700. The van der Waals surface area contributed by atoms with E-state index in [1.807, 2.05) is 0 Å². The van der Waals surface area contributed by atoms with E-state index < -0.39 is 0 Å². The summed E-state index contributed by atoms with van der Waals surface area (Å²) < 4.78 is 0. The summed E-state index contributed by atoms with van der Waals surface area (Å²) in [5.74, 6) is 2.69. The van der Waals surface area contributed by atoms with Crippen molar-refractivity contribution in [2.24, 2.45) is 17.8 Å². The Morgan fingerprint density at radius 3 is 2.67 bits per heavy atom. The number of aryl methyl sites for hydroxylation is 2. The van der Waals surface area contributed by atoms with Crippen LogP contribution in [-0.2, 0) is 6.42 Å². The van der Waals surface area contributed by atoms with Gasteiger partial charge < -0.3 is 5.32 Å². The van der Waals surface area contributed by atoms with E-state index >= 15 is 0 Å². The fourth-order valence-electron chi connectivity index (χ4n) is 3.91. The topological polar surface area (TPSA) is 12.0 Å². The standard InChI is InChI=1S/C20H33N/c1-5-21-20(19-11-9-16(3)17(4)14-19)12-10-18-8-6-7-15(2)13-18/h6-8,13,16-17,19-21H,5,9-12,14H2,1-4H3. The maximum Gasteiger partial charge on any atom is 0.00984 e. The second-order valence-corrected chi connectivity index (χ2v) is 7.22. The number of hydrogen-bond acceptors (Lipinski definition) is 1. The van der Waals surface area contributed by atoms with Crippen LogP contribution in [-0.4, -0.2) is 12.6 Å². The molecule has 0 bridgehead atoms. The molecular weight excluding hydrogens is 254 g/mol. The first kappa shape index (κ1) is 16.5. The summed E-state index contributed by atoms with van der Waals surface area (Å²) in [6.45, 7) is 10.4. The first-order valence-corrected chi connectivity index (χ1v) is 8.89. The van der Waals surface area contributed by atoms with Crippen molar-refractivity contribution in [3.8, 4) is 0 Å². The first-order valence-electron chi connectivity index (χ1n) is 8.89. The molecule has 1 nitrogen and oxygen atoms in total. The molecule has 1 aromatic carbocycles. The van der Waals surface area contributed by atoms with Crippen molar-refractivity contribution < 1.29 is 0 Å². The molecule has 0 aromatic heterocycles. The fraction of sp³-hybridized carbons (Fsp3) is 0.700. The van der Waals surface area contributed by atoms with Gasteiger partial charge in [-0.1, -0.05) is 57.0 Å². The van der Waals surface area contributed by atoms with Crippen LogP contribution in [0, 0.1) is 24.7 Å². The Balaban J connectivity index is 1.92. The number of benzene rings is 1. The maximum atomic E-state index is 3.77. The Morgan fingerprint density at radius 1 is 1.19 bits per heavy atom. The van der Waals surface area contributed by atoms with Gasteiger partial charge in [0.2, 0.25) is 0 Å². The monoisotopic (exact) mass is 287 g/mol. The maximum absolute atomic E-state index is 3.77. The molecule has 1 N–H and O–H groups in total. The molecule has 0 saturated heterocycles. The van der Waals surface area contributed by atoms with Crippen molar-refractivity contribution >= 4 is 0 Å². The van der Waals surface area contributed by atoms with Crippen molar-refractivity contribution in [1.82, 2.24) is 5.32 Å². The number of rotatable bonds is 6. The third-order valence-electron chi connectivity index (χ3n) is 5.50. The van der Waals surface area contributed by atoms with Gasteiger partial charge in [0.1, 0.15) is 0 Å². The summed E-state index contributed by atoms with van der Waals surface area (Å²) >= 11 is 0. The fourth-order valence-corrected chi connectivity index (χ4v) is 3.91. The Bertz CT molecular complexity index is 426. The average Bonchev–Trinajstić information content (AvgIpc) is 2.46. The van der Waals surface area contributed by atoms with Crippen molar-refractivity contribution in [3.63, 3.8) is 0 Å². The van der Waals surface area contributed by atoms with Crippen LogP contribution in [0.3, 0.4) is 0 Å². The summed E-state index contributed by atoms with van der Waals surface area (Å²) in [7, 11) is 0. The minimum absolute atomic E-state index is 0.700. The SMILES string of the molecule is CCNC(CCc1cccc(C)c1)C1CCC(C)C(C)C1. The second kappa shape index (κ2) is 7.98. The summed E-state index contributed by atoms with van der Waals surface area (Å²) in [5, 5.41) is 3.77. The lowest BCUT2D eigenvalue weighted by atomic mass is 9.72. The predicted molar refractivity (Wildman–Crippen MR) is 92.6 cm³/mol. The zero-order valence-electron chi connectivity index (χ0n) is 14.4. The third kappa shape index (κ3) is 4.85. The molecule has 0 aliphatic heterocycles. The van der Waals surface area contributed by atoms with Gasteiger partial charge >= 0.3 is 0 Å². The lowest BCUT2D eigenvalue weighted by Crippen LogP contribution is -2.40. The summed E-state index contributed by atoms with van der Waals surface area (Å²) in [6, 6.07) is 9.70. The molecule has 1 heteroatoms. The van der Waals surface area contributed by atoms with E-state index in [2.05, 4.69) is 57.3 Å². The molecule has 21 heavy (non-hydrogen) atoms. The molecule has 4 unspecified atom stereocenters. The normalized spacial score (nSPS) is 27.5. The van der Waals surface area contributed by atoms with Gasteiger partial charge in [0, 0.05) is 6.04 Å². The van der Waals surface area contributed by atoms with Crippen LogP contribution in [0.1, 0.15) is 57.6 Å². The van der Waals surface area contributed by atoms with Crippen molar-refractivity contribution in [2.75, 3.05) is 6.54 Å². The highest BCUT2D eigenvalue weighted by Gasteiger charge is 2.29. The molecule has 1 saturated carbocycles. The molecule has 1 fully saturated rings. The van der Waals surface area contributed by atoms with E-state index in [4.69, 9.17) is 0 Å². The third-order valence-corrected chi connectivity index (χ3v) is 5.50. The van der Waals surface area contributed by atoms with Gasteiger partial charge in [-0.25, -0.2) is 0 Å². The smallest absolute Gasteiger partial charge is 0.00984 e. The van der Waals surface area contributed by atoms with Gasteiger partial charge in [-0.05, 0) is 62.5 Å². The molecule has 0 radical (unpaired) electrons. The van der Waals surface area contributed by atoms with Gasteiger partial charge in [0.05, 0.1) is 0 Å². The Labute approximate surface area is 131 Å². The highest BCUT2D eigenvalue weighted by atomic mass is 14.9. The van der Waals surface area contributed by atoms with Gasteiger partial charge in [-0.2, -0.15) is 0 Å². The van der Waals surface area contributed by atoms with Crippen LogP contribution in [0.5, 0.6) is 0 Å². The number of hydrogen-bond donors (Lipinski definition) is 1. The summed E-state index contributed by atoms with van der Waals surface area (Å²) in [4.78, 5) is 0. The summed E-state index contributed by atoms with van der Waals surface area (Å²) in [6.07, 6.45) is 6.73. The number of nitrogens with one attached hydrogen (secondary N) is 1. The lowest BCUT2D eigenvalue weighted by molar-refractivity contribution is 0.167. The van der Waals surface area contributed by atoms with E-state index in [1.165, 1.54) is 43.2 Å². The van der Waals surface area contributed by atoms with E-state index in [0.29, 0.717) is 6.04 Å². The highest BCUT2D eigenvalue weighted by molar-refractivity contribution is 5.22. The van der Waals surface area contributed by atoms with Crippen LogP contribution in [0.4, 0.5) is 0 Å². The largest absolute Gasteiger partial charge is 0.314 e. The van der Waals surface area contributed by atoms with E-state index in [0.717, 1.165) is 24.3 Å².